The van der Waals surface area contributed by atoms with Gasteiger partial charge in [-0.05, 0) is 82.7 Å². The fourth-order valence-electron chi connectivity index (χ4n) is 4.24. The Kier molecular flexibility index (Phi) is 12.1. The molecule has 2 rings (SSSR count). The van der Waals surface area contributed by atoms with Crippen molar-refractivity contribution in [3.8, 4) is 12.3 Å². The molecule has 0 fully saturated rings. The minimum Gasteiger partial charge on any atom is -0.444 e. The van der Waals surface area contributed by atoms with Crippen LogP contribution in [-0.2, 0) is 14.3 Å². The van der Waals surface area contributed by atoms with Gasteiger partial charge in [0.1, 0.15) is 17.7 Å². The van der Waals surface area contributed by atoms with Crippen LogP contribution in [0.25, 0.3) is 0 Å². The van der Waals surface area contributed by atoms with E-state index in [9.17, 15) is 14.4 Å². The number of anilines is 1. The molecule has 0 aliphatic carbocycles. The van der Waals surface area contributed by atoms with E-state index in [2.05, 4.69) is 43.0 Å². The van der Waals surface area contributed by atoms with Gasteiger partial charge in [-0.25, -0.2) is 4.79 Å². The number of nitrogens with zero attached hydrogens (tertiary/aromatic N) is 1. The molecule has 216 valence electrons. The van der Waals surface area contributed by atoms with E-state index < -0.39 is 29.7 Å². The number of nitrogens with one attached hydrogen (secondary N) is 2. The average molecular weight is 566 g/mol. The Balaban J connectivity index is 2.59. The van der Waals surface area contributed by atoms with Crippen LogP contribution < -0.4 is 10.6 Å². The van der Waals surface area contributed by atoms with E-state index in [4.69, 9.17) is 11.2 Å². The number of carbonyl (C=O) groups is 3. The van der Waals surface area contributed by atoms with Crippen LogP contribution in [0.5, 0.6) is 0 Å². The van der Waals surface area contributed by atoms with Crippen molar-refractivity contribution in [1.29, 1.82) is 0 Å². The Labute approximate surface area is 244 Å². The molecule has 0 saturated carbocycles. The molecule has 0 bridgehead atoms. The van der Waals surface area contributed by atoms with Gasteiger partial charge in [0.05, 0.1) is 0 Å². The topological polar surface area (TPSA) is 87.7 Å². The van der Waals surface area contributed by atoms with Gasteiger partial charge in [-0.15, -0.1) is 6.42 Å². The lowest BCUT2D eigenvalue weighted by molar-refractivity contribution is -0.143. The Morgan fingerprint density at radius 1 is 1.02 bits per heavy atom. The molecule has 0 aliphatic rings. The SMILES string of the molecule is C#Cc1ccc(C(C(=O)Nc2ccccc2C)N(C(=O)C(CS)NC(=O)OC(C)(C)C)C(C)CCC(C)C)cc1. The Morgan fingerprint density at radius 2 is 1.65 bits per heavy atom. The summed E-state index contributed by atoms with van der Waals surface area (Å²) in [5.41, 5.74) is 2.06. The van der Waals surface area contributed by atoms with Crippen molar-refractivity contribution >= 4 is 36.2 Å². The van der Waals surface area contributed by atoms with Crippen molar-refractivity contribution < 1.29 is 19.1 Å². The highest BCUT2D eigenvalue weighted by molar-refractivity contribution is 7.80. The quantitative estimate of drug-likeness (QED) is 0.226. The zero-order chi connectivity index (χ0) is 30.0. The van der Waals surface area contributed by atoms with Crippen LogP contribution in [0.1, 0.15) is 77.1 Å². The summed E-state index contributed by atoms with van der Waals surface area (Å²) in [5, 5.41) is 5.68. The first-order valence-electron chi connectivity index (χ1n) is 13.6. The molecule has 0 saturated heterocycles. The van der Waals surface area contributed by atoms with Crippen LogP contribution in [0.4, 0.5) is 10.5 Å². The van der Waals surface area contributed by atoms with Crippen LogP contribution in [0.15, 0.2) is 48.5 Å². The molecule has 0 spiro atoms. The zero-order valence-electron chi connectivity index (χ0n) is 24.7. The Hall–Kier alpha value is -3.44. The highest BCUT2D eigenvalue weighted by Crippen LogP contribution is 2.29. The van der Waals surface area contributed by atoms with E-state index in [1.807, 2.05) is 38.1 Å². The van der Waals surface area contributed by atoms with Crippen molar-refractivity contribution in [1.82, 2.24) is 10.2 Å². The fourth-order valence-corrected chi connectivity index (χ4v) is 4.49. The van der Waals surface area contributed by atoms with E-state index >= 15 is 0 Å². The first kappa shape index (κ1) is 32.8. The highest BCUT2D eigenvalue weighted by atomic mass is 32.1. The Bertz CT molecular complexity index is 1200. The summed E-state index contributed by atoms with van der Waals surface area (Å²) in [6.07, 6.45) is 6.35. The summed E-state index contributed by atoms with van der Waals surface area (Å²) in [6, 6.07) is 12.1. The van der Waals surface area contributed by atoms with Gasteiger partial charge in [-0.1, -0.05) is 50.1 Å². The van der Waals surface area contributed by atoms with Crippen LogP contribution in [-0.4, -0.2) is 46.2 Å². The molecule has 0 radical (unpaired) electrons. The minimum atomic E-state index is -1.02. The van der Waals surface area contributed by atoms with Gasteiger partial charge in [-0.3, -0.25) is 9.59 Å². The number of thiol groups is 1. The molecule has 0 heterocycles. The van der Waals surface area contributed by atoms with Gasteiger partial charge < -0.3 is 20.3 Å². The van der Waals surface area contributed by atoms with E-state index in [0.29, 0.717) is 29.2 Å². The maximum atomic E-state index is 14.2. The maximum Gasteiger partial charge on any atom is 0.408 e. The molecule has 7 nitrogen and oxygen atoms in total. The van der Waals surface area contributed by atoms with E-state index in [1.54, 1.807) is 49.9 Å². The summed E-state index contributed by atoms with van der Waals surface area (Å²) >= 11 is 4.38. The second-order valence-corrected chi connectivity index (χ2v) is 11.8. The van der Waals surface area contributed by atoms with E-state index in [0.717, 1.165) is 12.0 Å². The number of rotatable bonds is 11. The molecule has 8 heteroatoms. The predicted molar refractivity (Wildman–Crippen MR) is 164 cm³/mol. The second kappa shape index (κ2) is 14.8. The molecule has 2 aromatic rings. The normalized spacial score (nSPS) is 13.5. The molecule has 40 heavy (non-hydrogen) atoms. The lowest BCUT2D eigenvalue weighted by Crippen LogP contribution is -2.55. The first-order chi connectivity index (χ1) is 18.8. The van der Waals surface area contributed by atoms with E-state index in [-0.39, 0.29) is 17.7 Å². The van der Waals surface area contributed by atoms with Gasteiger partial charge in [0.15, 0.2) is 0 Å². The molecule has 3 amide bonds. The lowest BCUT2D eigenvalue weighted by atomic mass is 9.96. The van der Waals surface area contributed by atoms with Gasteiger partial charge in [0.25, 0.3) is 5.91 Å². The van der Waals surface area contributed by atoms with Crippen LogP contribution in [0, 0.1) is 25.2 Å². The number of carbonyl (C=O) groups excluding carboxylic acids is 3. The molecule has 3 atom stereocenters. The number of benzene rings is 2. The summed E-state index contributed by atoms with van der Waals surface area (Å²) < 4.78 is 5.40. The first-order valence-corrected chi connectivity index (χ1v) is 14.3. The van der Waals surface area contributed by atoms with Gasteiger partial charge in [-0.2, -0.15) is 12.6 Å². The third-order valence-corrected chi connectivity index (χ3v) is 6.75. The van der Waals surface area contributed by atoms with Crippen molar-refractivity contribution in [2.75, 3.05) is 11.1 Å². The third kappa shape index (κ3) is 9.63. The zero-order valence-corrected chi connectivity index (χ0v) is 25.5. The highest BCUT2D eigenvalue weighted by Gasteiger charge is 2.38. The number of aryl methyl sites for hydroxylation is 1. The smallest absolute Gasteiger partial charge is 0.408 e. The summed E-state index contributed by atoms with van der Waals surface area (Å²) in [7, 11) is 0. The fraction of sp³-hybridized carbons (Fsp3) is 0.469. The molecular weight excluding hydrogens is 522 g/mol. The van der Waals surface area contributed by atoms with Crippen LogP contribution in [0.2, 0.25) is 0 Å². The van der Waals surface area contributed by atoms with Crippen molar-refractivity contribution in [2.45, 2.75) is 85.0 Å². The number of para-hydroxylation sites is 1. The molecule has 0 aliphatic heterocycles. The standard InChI is InChI=1S/C32H43N3O4S/c1-9-24-16-18-25(19-17-24)28(29(36)33-26-13-11-10-12-22(26)4)35(23(5)15-14-21(2)3)30(37)27(20-40)34-31(38)39-32(6,7)8/h1,10-13,16-19,21,23,27-28,40H,14-15,20H2,2-8H3,(H,33,36)(H,34,38). The summed E-state index contributed by atoms with van der Waals surface area (Å²) in [4.78, 5) is 42.5. The number of amides is 3. The van der Waals surface area contributed by atoms with E-state index in [1.165, 1.54) is 0 Å². The molecule has 2 N–H and O–H groups in total. The molecule has 2 aromatic carbocycles. The second-order valence-electron chi connectivity index (χ2n) is 11.4. The summed E-state index contributed by atoms with van der Waals surface area (Å²) in [6.45, 7) is 13.3. The lowest BCUT2D eigenvalue weighted by Gasteiger charge is -2.38. The van der Waals surface area contributed by atoms with Crippen LogP contribution >= 0.6 is 12.6 Å². The molecule has 0 aromatic heterocycles. The number of hydrogen-bond donors (Lipinski definition) is 3. The van der Waals surface area contributed by atoms with Crippen molar-refractivity contribution in [3.05, 3.63) is 65.2 Å². The largest absolute Gasteiger partial charge is 0.444 e. The summed E-state index contributed by atoms with van der Waals surface area (Å²) in [5.74, 6) is 2.21. The number of hydrogen-bond acceptors (Lipinski definition) is 5. The maximum absolute atomic E-state index is 14.2. The molecule has 3 unspecified atom stereocenters. The van der Waals surface area contributed by atoms with Gasteiger partial charge in [0.2, 0.25) is 5.91 Å². The number of alkyl carbamates (subject to hydrolysis) is 1. The van der Waals surface area contributed by atoms with Crippen molar-refractivity contribution in [3.63, 3.8) is 0 Å². The number of terminal acetylenes is 1. The third-order valence-electron chi connectivity index (χ3n) is 6.39. The minimum absolute atomic E-state index is 0.0215. The predicted octanol–water partition coefficient (Wildman–Crippen LogP) is 6.13. The Morgan fingerprint density at radius 3 is 2.17 bits per heavy atom. The van der Waals surface area contributed by atoms with Crippen molar-refractivity contribution in [2.24, 2.45) is 5.92 Å². The van der Waals surface area contributed by atoms with Crippen LogP contribution in [0.3, 0.4) is 0 Å². The monoisotopic (exact) mass is 565 g/mol. The van der Waals surface area contributed by atoms with Gasteiger partial charge >= 0.3 is 6.09 Å². The number of ether oxygens (including phenoxy) is 1. The average Bonchev–Trinajstić information content (AvgIpc) is 2.88. The van der Waals surface area contributed by atoms with Gasteiger partial charge in [0, 0.05) is 23.0 Å². The molecular formula is C32H43N3O4S.